The number of carbonyl (C=O) groups excluding carboxylic acids is 1. The predicted octanol–water partition coefficient (Wildman–Crippen LogP) is 4.59. The number of benzene rings is 1. The number of rotatable bonds is 2. The van der Waals surface area contributed by atoms with Crippen LogP contribution in [0.5, 0.6) is 0 Å². The molecule has 2 fully saturated rings. The average molecular weight is 291 g/mol. The molecule has 0 radical (unpaired) electrons. The molecule has 1 aromatic carbocycles. The van der Waals surface area contributed by atoms with Crippen molar-refractivity contribution < 1.29 is 13.9 Å². The highest BCUT2D eigenvalue weighted by Crippen LogP contribution is 2.66. The minimum atomic E-state index is -0.448. The van der Waals surface area contributed by atoms with E-state index in [0.29, 0.717) is 11.6 Å². The molecular weight excluding hydrogens is 269 g/mol. The van der Waals surface area contributed by atoms with Crippen LogP contribution in [0.3, 0.4) is 0 Å². The highest BCUT2D eigenvalue weighted by molar-refractivity contribution is 5.84. The molecule has 21 heavy (non-hydrogen) atoms. The summed E-state index contributed by atoms with van der Waals surface area (Å²) < 4.78 is 18.5. The molecule has 0 aliphatic heterocycles. The lowest BCUT2D eigenvalue weighted by molar-refractivity contribution is 0.00148. The van der Waals surface area contributed by atoms with Gasteiger partial charge in [0.15, 0.2) is 0 Å². The van der Waals surface area contributed by atoms with Crippen LogP contribution in [0.25, 0.3) is 0 Å². The van der Waals surface area contributed by atoms with Gasteiger partial charge in [0.25, 0.3) is 0 Å². The van der Waals surface area contributed by atoms with Crippen molar-refractivity contribution in [3.63, 3.8) is 0 Å². The fourth-order valence-electron chi connectivity index (χ4n) is 4.12. The van der Waals surface area contributed by atoms with E-state index in [4.69, 9.17) is 4.74 Å². The summed E-state index contributed by atoms with van der Waals surface area (Å²) in [5, 5.41) is 2.67. The van der Waals surface area contributed by atoms with Crippen molar-refractivity contribution in [2.24, 2.45) is 16.7 Å². The molecule has 3 atom stereocenters. The van der Waals surface area contributed by atoms with Gasteiger partial charge in [0.1, 0.15) is 11.9 Å². The molecule has 1 aromatic rings. The molecule has 0 spiro atoms. The molecule has 114 valence electrons. The van der Waals surface area contributed by atoms with Gasteiger partial charge in [-0.05, 0) is 54.9 Å². The van der Waals surface area contributed by atoms with Crippen LogP contribution < -0.4 is 5.32 Å². The van der Waals surface area contributed by atoms with Crippen molar-refractivity contribution in [3.05, 3.63) is 30.1 Å². The standard InChI is InChI=1S/C17H22FNO2/c1-16(2)11-8-9-17(16,3)14(10-11)21-15(20)19-13-6-4-12(18)5-7-13/h4-7,11,14H,8-10H2,1-3H3,(H,19,20)/t11-,14+,17-/m0/s1. The Hall–Kier alpha value is -1.58. The Bertz CT molecular complexity index is 554. The van der Waals surface area contributed by atoms with Crippen molar-refractivity contribution in [3.8, 4) is 0 Å². The zero-order valence-electron chi connectivity index (χ0n) is 12.8. The quantitative estimate of drug-likeness (QED) is 0.865. The van der Waals surface area contributed by atoms with E-state index in [1.54, 1.807) is 0 Å². The molecule has 2 bridgehead atoms. The number of amides is 1. The molecule has 1 N–H and O–H groups in total. The molecule has 2 aliphatic rings. The Morgan fingerprint density at radius 1 is 1.29 bits per heavy atom. The summed E-state index contributed by atoms with van der Waals surface area (Å²) >= 11 is 0. The van der Waals surface area contributed by atoms with Gasteiger partial charge in [0, 0.05) is 11.1 Å². The first-order valence-electron chi connectivity index (χ1n) is 7.56. The van der Waals surface area contributed by atoms with Gasteiger partial charge >= 0.3 is 6.09 Å². The summed E-state index contributed by atoms with van der Waals surface area (Å²) in [7, 11) is 0. The Morgan fingerprint density at radius 2 is 1.95 bits per heavy atom. The first kappa shape index (κ1) is 14.4. The molecule has 0 saturated heterocycles. The zero-order valence-corrected chi connectivity index (χ0v) is 12.8. The van der Waals surface area contributed by atoms with Crippen LogP contribution in [-0.2, 0) is 4.74 Å². The third-order valence-electron chi connectivity index (χ3n) is 6.05. The number of carbonyl (C=O) groups is 1. The highest BCUT2D eigenvalue weighted by Gasteiger charge is 2.62. The maximum Gasteiger partial charge on any atom is 0.411 e. The second-order valence-electron chi connectivity index (χ2n) is 7.14. The van der Waals surface area contributed by atoms with Gasteiger partial charge in [-0.2, -0.15) is 0 Å². The van der Waals surface area contributed by atoms with Gasteiger partial charge < -0.3 is 4.74 Å². The van der Waals surface area contributed by atoms with Gasteiger partial charge in [-0.1, -0.05) is 20.8 Å². The summed E-state index contributed by atoms with van der Waals surface area (Å²) in [4.78, 5) is 12.1. The SMILES string of the molecule is CC1(C)[C@H]2CC[C@@]1(C)[C@H](OC(=O)Nc1ccc(F)cc1)C2. The van der Waals surface area contributed by atoms with E-state index in [0.717, 1.165) is 12.8 Å². The van der Waals surface area contributed by atoms with Crippen LogP contribution in [0.4, 0.5) is 14.9 Å². The van der Waals surface area contributed by atoms with Crippen LogP contribution in [0.15, 0.2) is 24.3 Å². The fourth-order valence-corrected chi connectivity index (χ4v) is 4.12. The monoisotopic (exact) mass is 291 g/mol. The Kier molecular flexibility index (Phi) is 3.23. The van der Waals surface area contributed by atoms with Crippen molar-refractivity contribution >= 4 is 11.8 Å². The van der Waals surface area contributed by atoms with Gasteiger partial charge in [-0.25, -0.2) is 9.18 Å². The summed E-state index contributed by atoms with van der Waals surface area (Å²) in [6, 6.07) is 5.70. The number of halogens is 1. The first-order chi connectivity index (χ1) is 9.83. The third kappa shape index (κ3) is 2.21. The lowest BCUT2D eigenvalue weighted by Gasteiger charge is -2.38. The van der Waals surface area contributed by atoms with Crippen LogP contribution in [0.1, 0.15) is 40.0 Å². The molecular formula is C17H22FNO2. The smallest absolute Gasteiger partial charge is 0.411 e. The zero-order chi connectivity index (χ0) is 15.3. The van der Waals surface area contributed by atoms with E-state index >= 15 is 0 Å². The maximum atomic E-state index is 12.8. The molecule has 3 nitrogen and oxygen atoms in total. The van der Waals surface area contributed by atoms with Crippen molar-refractivity contribution in [2.45, 2.75) is 46.1 Å². The molecule has 2 aliphatic carbocycles. The van der Waals surface area contributed by atoms with Crippen LogP contribution >= 0.6 is 0 Å². The summed E-state index contributed by atoms with van der Waals surface area (Å²) in [5.41, 5.74) is 0.819. The molecule has 0 unspecified atom stereocenters. The van der Waals surface area contributed by atoms with Gasteiger partial charge in [-0.15, -0.1) is 0 Å². The third-order valence-corrected chi connectivity index (χ3v) is 6.05. The number of fused-ring (bicyclic) bond motifs is 2. The molecule has 0 aromatic heterocycles. The van der Waals surface area contributed by atoms with Crippen molar-refractivity contribution in [1.29, 1.82) is 0 Å². The van der Waals surface area contributed by atoms with E-state index in [9.17, 15) is 9.18 Å². The lowest BCUT2D eigenvalue weighted by Crippen LogP contribution is -2.39. The second-order valence-corrected chi connectivity index (χ2v) is 7.14. The minimum Gasteiger partial charge on any atom is -0.445 e. The van der Waals surface area contributed by atoms with Crippen molar-refractivity contribution in [1.82, 2.24) is 0 Å². The largest absolute Gasteiger partial charge is 0.445 e. The van der Waals surface area contributed by atoms with E-state index in [-0.39, 0.29) is 22.8 Å². The molecule has 3 rings (SSSR count). The van der Waals surface area contributed by atoms with Crippen LogP contribution in [0, 0.1) is 22.6 Å². The Labute approximate surface area is 124 Å². The summed E-state index contributed by atoms with van der Waals surface area (Å²) in [6.45, 7) is 6.80. The van der Waals surface area contributed by atoms with Crippen LogP contribution in [0.2, 0.25) is 0 Å². The predicted molar refractivity (Wildman–Crippen MR) is 79.5 cm³/mol. The summed E-state index contributed by atoms with van der Waals surface area (Å²) in [6.07, 6.45) is 2.80. The molecule has 4 heteroatoms. The van der Waals surface area contributed by atoms with Gasteiger partial charge in [0.05, 0.1) is 0 Å². The maximum absolute atomic E-state index is 12.8. The minimum absolute atomic E-state index is 0.0355. The number of hydrogen-bond acceptors (Lipinski definition) is 2. The van der Waals surface area contributed by atoms with Gasteiger partial charge in [-0.3, -0.25) is 5.32 Å². The highest BCUT2D eigenvalue weighted by atomic mass is 19.1. The number of anilines is 1. The molecule has 2 saturated carbocycles. The van der Waals surface area contributed by atoms with Crippen LogP contribution in [-0.4, -0.2) is 12.2 Å². The second kappa shape index (κ2) is 4.72. The number of hydrogen-bond donors (Lipinski definition) is 1. The van der Waals surface area contributed by atoms with E-state index < -0.39 is 6.09 Å². The number of ether oxygens (including phenoxy) is 1. The number of nitrogens with one attached hydrogen (secondary N) is 1. The molecule has 0 heterocycles. The van der Waals surface area contributed by atoms with Gasteiger partial charge in [0.2, 0.25) is 0 Å². The van der Waals surface area contributed by atoms with E-state index in [2.05, 4.69) is 26.1 Å². The Balaban J connectivity index is 1.65. The first-order valence-corrected chi connectivity index (χ1v) is 7.56. The van der Waals surface area contributed by atoms with Crippen molar-refractivity contribution in [2.75, 3.05) is 5.32 Å². The van der Waals surface area contributed by atoms with E-state index in [1.807, 2.05) is 0 Å². The summed E-state index contributed by atoms with van der Waals surface area (Å²) in [5.74, 6) is 0.308. The average Bonchev–Trinajstić information content (AvgIpc) is 2.74. The topological polar surface area (TPSA) is 38.3 Å². The van der Waals surface area contributed by atoms with E-state index in [1.165, 1.54) is 30.7 Å². The molecule has 1 amide bonds. The normalized spacial score (nSPS) is 33.0. The Morgan fingerprint density at radius 3 is 2.48 bits per heavy atom. The lowest BCUT2D eigenvalue weighted by atomic mass is 9.70. The fraction of sp³-hybridized carbons (Fsp3) is 0.588.